The molecule has 0 aliphatic carbocycles. The summed E-state index contributed by atoms with van der Waals surface area (Å²) in [5, 5.41) is 0. The highest BCUT2D eigenvalue weighted by Crippen LogP contribution is 2.27. The summed E-state index contributed by atoms with van der Waals surface area (Å²) in [5.41, 5.74) is 7.41. The van der Waals surface area contributed by atoms with Crippen LogP contribution in [0.1, 0.15) is 12.0 Å². The standard InChI is InChI=1S/C12H17FN2/c1-9-11(13)3-2-4-12(9)15-6-5-10(7-14)8-15/h2-4,10H,5-8,14H2,1H3. The minimum absolute atomic E-state index is 0.122. The van der Waals surface area contributed by atoms with Crippen molar-refractivity contribution in [3.63, 3.8) is 0 Å². The molecular formula is C12H17FN2. The van der Waals surface area contributed by atoms with Crippen molar-refractivity contribution in [2.24, 2.45) is 11.7 Å². The number of hydrogen-bond acceptors (Lipinski definition) is 2. The van der Waals surface area contributed by atoms with E-state index in [1.54, 1.807) is 6.07 Å². The zero-order valence-corrected chi connectivity index (χ0v) is 9.04. The van der Waals surface area contributed by atoms with Crippen molar-refractivity contribution in [3.8, 4) is 0 Å². The largest absolute Gasteiger partial charge is 0.371 e. The summed E-state index contributed by atoms with van der Waals surface area (Å²) in [6.07, 6.45) is 1.12. The molecule has 15 heavy (non-hydrogen) atoms. The smallest absolute Gasteiger partial charge is 0.128 e. The normalized spacial score (nSPS) is 21.0. The Morgan fingerprint density at radius 2 is 2.33 bits per heavy atom. The summed E-state index contributed by atoms with van der Waals surface area (Å²) >= 11 is 0. The van der Waals surface area contributed by atoms with Crippen molar-refractivity contribution in [1.29, 1.82) is 0 Å². The highest BCUT2D eigenvalue weighted by atomic mass is 19.1. The van der Waals surface area contributed by atoms with Gasteiger partial charge in [-0.25, -0.2) is 4.39 Å². The first kappa shape index (κ1) is 10.4. The summed E-state index contributed by atoms with van der Waals surface area (Å²) in [7, 11) is 0. The minimum atomic E-state index is -0.122. The van der Waals surface area contributed by atoms with Gasteiger partial charge in [-0.05, 0) is 37.9 Å². The van der Waals surface area contributed by atoms with E-state index in [-0.39, 0.29) is 5.82 Å². The molecule has 2 N–H and O–H groups in total. The summed E-state index contributed by atoms with van der Waals surface area (Å²) in [5.74, 6) is 0.441. The van der Waals surface area contributed by atoms with Crippen LogP contribution in [0.25, 0.3) is 0 Å². The number of rotatable bonds is 2. The molecular weight excluding hydrogens is 191 g/mol. The van der Waals surface area contributed by atoms with E-state index in [4.69, 9.17) is 5.73 Å². The Labute approximate surface area is 89.9 Å². The van der Waals surface area contributed by atoms with Gasteiger partial charge >= 0.3 is 0 Å². The van der Waals surface area contributed by atoms with E-state index in [0.29, 0.717) is 5.92 Å². The SMILES string of the molecule is Cc1c(F)cccc1N1CCC(CN)C1. The third kappa shape index (κ3) is 1.97. The first-order chi connectivity index (χ1) is 7.22. The maximum atomic E-state index is 13.4. The maximum Gasteiger partial charge on any atom is 0.128 e. The van der Waals surface area contributed by atoms with E-state index in [9.17, 15) is 4.39 Å². The van der Waals surface area contributed by atoms with E-state index in [1.807, 2.05) is 13.0 Å². The molecule has 1 aromatic rings. The first-order valence-corrected chi connectivity index (χ1v) is 5.42. The Balaban J connectivity index is 2.20. The van der Waals surface area contributed by atoms with Crippen molar-refractivity contribution < 1.29 is 4.39 Å². The van der Waals surface area contributed by atoms with Crippen molar-refractivity contribution in [2.45, 2.75) is 13.3 Å². The Morgan fingerprint density at radius 1 is 1.53 bits per heavy atom. The molecule has 1 unspecified atom stereocenters. The van der Waals surface area contributed by atoms with Gasteiger partial charge in [0.15, 0.2) is 0 Å². The molecule has 3 heteroatoms. The second kappa shape index (κ2) is 4.19. The van der Waals surface area contributed by atoms with Gasteiger partial charge in [-0.2, -0.15) is 0 Å². The lowest BCUT2D eigenvalue weighted by Gasteiger charge is -2.20. The minimum Gasteiger partial charge on any atom is -0.371 e. The fraction of sp³-hybridized carbons (Fsp3) is 0.500. The number of halogens is 1. The third-order valence-electron chi connectivity index (χ3n) is 3.20. The molecule has 1 atom stereocenters. The van der Waals surface area contributed by atoms with Crippen molar-refractivity contribution in [3.05, 3.63) is 29.6 Å². The first-order valence-electron chi connectivity index (χ1n) is 5.42. The summed E-state index contributed by atoms with van der Waals surface area (Å²) in [6.45, 7) is 4.51. The molecule has 0 saturated carbocycles. The molecule has 0 bridgehead atoms. The fourth-order valence-electron chi connectivity index (χ4n) is 2.18. The third-order valence-corrected chi connectivity index (χ3v) is 3.20. The molecule has 0 amide bonds. The zero-order chi connectivity index (χ0) is 10.8. The van der Waals surface area contributed by atoms with Crippen LogP contribution in [0, 0.1) is 18.7 Å². The van der Waals surface area contributed by atoms with E-state index >= 15 is 0 Å². The molecule has 0 spiro atoms. The van der Waals surface area contributed by atoms with Crippen LogP contribution < -0.4 is 10.6 Å². The number of nitrogens with zero attached hydrogens (tertiary/aromatic N) is 1. The molecule has 82 valence electrons. The van der Waals surface area contributed by atoms with E-state index in [0.717, 1.165) is 37.3 Å². The van der Waals surface area contributed by atoms with Gasteiger partial charge in [0.2, 0.25) is 0 Å². The van der Waals surface area contributed by atoms with Crippen LogP contribution in [-0.2, 0) is 0 Å². The Bertz CT molecular complexity index is 351. The monoisotopic (exact) mass is 208 g/mol. The Kier molecular flexibility index (Phi) is 2.91. The summed E-state index contributed by atoms with van der Waals surface area (Å²) < 4.78 is 13.4. The van der Waals surface area contributed by atoms with Gasteiger partial charge in [0.25, 0.3) is 0 Å². The van der Waals surface area contributed by atoms with Crippen LogP contribution >= 0.6 is 0 Å². The average Bonchev–Trinajstić information content (AvgIpc) is 2.70. The summed E-state index contributed by atoms with van der Waals surface area (Å²) in [6, 6.07) is 5.26. The highest BCUT2D eigenvalue weighted by molar-refractivity contribution is 5.54. The van der Waals surface area contributed by atoms with E-state index in [2.05, 4.69) is 4.90 Å². The Morgan fingerprint density at radius 3 is 3.00 bits per heavy atom. The van der Waals surface area contributed by atoms with Crippen LogP contribution in [0.4, 0.5) is 10.1 Å². The average molecular weight is 208 g/mol. The van der Waals surface area contributed by atoms with Gasteiger partial charge in [0.1, 0.15) is 5.82 Å². The predicted molar refractivity (Wildman–Crippen MR) is 60.5 cm³/mol. The molecule has 2 rings (SSSR count). The molecule has 1 saturated heterocycles. The van der Waals surface area contributed by atoms with Gasteiger partial charge < -0.3 is 10.6 Å². The molecule has 1 aromatic carbocycles. The maximum absolute atomic E-state index is 13.4. The lowest BCUT2D eigenvalue weighted by atomic mass is 10.1. The summed E-state index contributed by atoms with van der Waals surface area (Å²) in [4.78, 5) is 2.23. The van der Waals surface area contributed by atoms with Gasteiger partial charge in [-0.15, -0.1) is 0 Å². The number of anilines is 1. The second-order valence-electron chi connectivity index (χ2n) is 4.22. The molecule has 1 heterocycles. The van der Waals surface area contributed by atoms with Crippen molar-refractivity contribution >= 4 is 5.69 Å². The lowest BCUT2D eigenvalue weighted by Crippen LogP contribution is -2.23. The number of nitrogens with two attached hydrogens (primary N) is 1. The molecule has 2 nitrogen and oxygen atoms in total. The van der Waals surface area contributed by atoms with Gasteiger partial charge in [-0.3, -0.25) is 0 Å². The quantitative estimate of drug-likeness (QED) is 0.804. The van der Waals surface area contributed by atoms with Gasteiger partial charge in [0.05, 0.1) is 0 Å². The Hall–Kier alpha value is -1.09. The van der Waals surface area contributed by atoms with Crippen LogP contribution in [0.2, 0.25) is 0 Å². The topological polar surface area (TPSA) is 29.3 Å². The van der Waals surface area contributed by atoms with Gasteiger partial charge in [0, 0.05) is 24.3 Å². The molecule has 1 fully saturated rings. The fourth-order valence-corrected chi connectivity index (χ4v) is 2.18. The zero-order valence-electron chi connectivity index (χ0n) is 9.04. The number of hydrogen-bond donors (Lipinski definition) is 1. The molecule has 0 radical (unpaired) electrons. The molecule has 0 aromatic heterocycles. The van der Waals surface area contributed by atoms with E-state index < -0.39 is 0 Å². The van der Waals surface area contributed by atoms with Crippen LogP contribution in [0.5, 0.6) is 0 Å². The van der Waals surface area contributed by atoms with Gasteiger partial charge in [-0.1, -0.05) is 6.07 Å². The lowest BCUT2D eigenvalue weighted by molar-refractivity contribution is 0.601. The molecule has 1 aliphatic heterocycles. The highest BCUT2D eigenvalue weighted by Gasteiger charge is 2.22. The molecule has 1 aliphatic rings. The van der Waals surface area contributed by atoms with Crippen molar-refractivity contribution in [2.75, 3.05) is 24.5 Å². The number of benzene rings is 1. The van der Waals surface area contributed by atoms with Crippen LogP contribution in [0.15, 0.2) is 18.2 Å². The van der Waals surface area contributed by atoms with Crippen molar-refractivity contribution in [1.82, 2.24) is 0 Å². The van der Waals surface area contributed by atoms with Crippen LogP contribution in [0.3, 0.4) is 0 Å². The van der Waals surface area contributed by atoms with Crippen LogP contribution in [-0.4, -0.2) is 19.6 Å². The second-order valence-corrected chi connectivity index (χ2v) is 4.22. The predicted octanol–water partition coefficient (Wildman–Crippen LogP) is 1.92. The van der Waals surface area contributed by atoms with E-state index in [1.165, 1.54) is 6.07 Å².